The fourth-order valence-electron chi connectivity index (χ4n) is 4.31. The van der Waals surface area contributed by atoms with Crippen LogP contribution in [0, 0.1) is 13.8 Å². The molecule has 1 aromatic heterocycles. The van der Waals surface area contributed by atoms with Crippen molar-refractivity contribution in [3.63, 3.8) is 0 Å². The van der Waals surface area contributed by atoms with Crippen LogP contribution in [0.5, 0.6) is 11.5 Å². The van der Waals surface area contributed by atoms with Crippen LogP contribution in [0.15, 0.2) is 66.5 Å². The van der Waals surface area contributed by atoms with Crippen molar-refractivity contribution in [2.45, 2.75) is 26.3 Å². The minimum Gasteiger partial charge on any atom is -0.507 e. The number of carbonyl (C=O) groups is 2. The van der Waals surface area contributed by atoms with Crippen molar-refractivity contribution in [3.8, 4) is 11.5 Å². The summed E-state index contributed by atoms with van der Waals surface area (Å²) in [4.78, 5) is 31.6. The van der Waals surface area contributed by atoms with Crippen molar-refractivity contribution in [3.05, 3.63) is 88.8 Å². The number of benzene rings is 2. The van der Waals surface area contributed by atoms with Gasteiger partial charge in [0.15, 0.2) is 0 Å². The van der Waals surface area contributed by atoms with E-state index in [9.17, 15) is 27.9 Å². The van der Waals surface area contributed by atoms with E-state index < -0.39 is 35.6 Å². The minimum absolute atomic E-state index is 0.139. The number of carbonyl (C=O) groups excluding carboxylic acids is 2. The summed E-state index contributed by atoms with van der Waals surface area (Å²) in [5.41, 5.74) is 2.16. The van der Waals surface area contributed by atoms with E-state index in [0.29, 0.717) is 16.9 Å². The Bertz CT molecular complexity index is 1350. The van der Waals surface area contributed by atoms with Crippen molar-refractivity contribution in [1.82, 2.24) is 4.98 Å². The number of pyridine rings is 1. The first kappa shape index (κ1) is 24.8. The highest BCUT2D eigenvalue weighted by Gasteiger charge is 2.47. The summed E-state index contributed by atoms with van der Waals surface area (Å²) in [5.74, 6) is -2.48. The molecule has 1 atom stereocenters. The molecule has 36 heavy (non-hydrogen) atoms. The van der Waals surface area contributed by atoms with E-state index >= 15 is 0 Å². The summed E-state index contributed by atoms with van der Waals surface area (Å²) >= 11 is 0. The number of ether oxygens (including phenoxy) is 2. The zero-order chi connectivity index (χ0) is 26.2. The number of amides is 1. The van der Waals surface area contributed by atoms with Gasteiger partial charge in [0, 0.05) is 18.1 Å². The van der Waals surface area contributed by atoms with Crippen LogP contribution in [0.1, 0.15) is 28.3 Å². The van der Waals surface area contributed by atoms with Crippen LogP contribution in [-0.4, -0.2) is 35.3 Å². The van der Waals surface area contributed by atoms with Gasteiger partial charge in [0.05, 0.1) is 24.3 Å². The highest BCUT2D eigenvalue weighted by Crippen LogP contribution is 2.44. The molecule has 0 aliphatic carbocycles. The maximum Gasteiger partial charge on any atom is 0.573 e. The van der Waals surface area contributed by atoms with Crippen molar-refractivity contribution in [1.29, 1.82) is 0 Å². The number of aromatic nitrogens is 1. The second kappa shape index (κ2) is 9.37. The van der Waals surface area contributed by atoms with Gasteiger partial charge < -0.3 is 14.6 Å². The number of hydrogen-bond donors (Lipinski definition) is 1. The number of alkyl halides is 3. The standard InChI is InChI=1S/C26H21F3N2O5/c1-14-12-15(2)24(35-3)19(13-14)22(32)20-21(16-8-10-30-11-9-16)31(25(34)23(20)33)17-4-6-18(7-5-17)36-26(27,28)29/h4-13,21,32H,1-3H3/b22-20+. The molecule has 0 saturated carbocycles. The van der Waals surface area contributed by atoms with E-state index in [4.69, 9.17) is 4.74 Å². The van der Waals surface area contributed by atoms with Crippen LogP contribution in [0.2, 0.25) is 0 Å². The zero-order valence-electron chi connectivity index (χ0n) is 19.5. The number of nitrogens with zero attached hydrogens (tertiary/aromatic N) is 2. The van der Waals surface area contributed by atoms with Crippen LogP contribution < -0.4 is 14.4 Å². The molecule has 0 radical (unpaired) electrons. The topological polar surface area (TPSA) is 89.0 Å². The quantitative estimate of drug-likeness (QED) is 0.294. The third-order valence-electron chi connectivity index (χ3n) is 5.69. The first-order valence-corrected chi connectivity index (χ1v) is 10.7. The van der Waals surface area contributed by atoms with Crippen LogP contribution in [0.25, 0.3) is 5.76 Å². The van der Waals surface area contributed by atoms with Crippen LogP contribution in [0.3, 0.4) is 0 Å². The monoisotopic (exact) mass is 498 g/mol. The van der Waals surface area contributed by atoms with Gasteiger partial charge in [-0.3, -0.25) is 19.5 Å². The van der Waals surface area contributed by atoms with Gasteiger partial charge in [0.1, 0.15) is 17.3 Å². The Hall–Kier alpha value is -4.34. The molecule has 2 aromatic carbocycles. The van der Waals surface area contributed by atoms with Gasteiger partial charge in [-0.1, -0.05) is 6.07 Å². The number of ketones is 1. The second-order valence-corrected chi connectivity index (χ2v) is 8.15. The highest BCUT2D eigenvalue weighted by molar-refractivity contribution is 6.51. The van der Waals surface area contributed by atoms with E-state index in [1.54, 1.807) is 25.1 Å². The number of aliphatic hydroxyl groups excluding tert-OH is 1. The van der Waals surface area contributed by atoms with Crippen LogP contribution in [0.4, 0.5) is 18.9 Å². The summed E-state index contributed by atoms with van der Waals surface area (Å²) < 4.78 is 47.1. The smallest absolute Gasteiger partial charge is 0.507 e. The Balaban J connectivity index is 1.90. The lowest BCUT2D eigenvalue weighted by Crippen LogP contribution is -2.29. The molecule has 186 valence electrons. The normalized spacial score (nSPS) is 17.4. The van der Waals surface area contributed by atoms with Crippen LogP contribution >= 0.6 is 0 Å². The number of hydrogen-bond acceptors (Lipinski definition) is 6. The Labute approximate surface area is 204 Å². The molecule has 3 aromatic rings. The lowest BCUT2D eigenvalue weighted by atomic mass is 9.94. The Morgan fingerprint density at radius 3 is 2.25 bits per heavy atom. The van der Waals surface area contributed by atoms with E-state index in [-0.39, 0.29) is 16.8 Å². The molecule has 4 rings (SSSR count). The fraction of sp³-hybridized carbons (Fsp3) is 0.192. The Morgan fingerprint density at radius 2 is 1.67 bits per heavy atom. The molecule has 1 amide bonds. The molecule has 10 heteroatoms. The lowest BCUT2D eigenvalue weighted by molar-refractivity contribution is -0.274. The molecule has 1 fully saturated rings. The van der Waals surface area contributed by atoms with E-state index in [1.165, 1.54) is 31.6 Å². The summed E-state index contributed by atoms with van der Waals surface area (Å²) in [6, 6.07) is 10.1. The molecule has 1 saturated heterocycles. The summed E-state index contributed by atoms with van der Waals surface area (Å²) in [7, 11) is 1.43. The molecular weight excluding hydrogens is 477 g/mol. The third kappa shape index (κ3) is 4.61. The summed E-state index contributed by atoms with van der Waals surface area (Å²) in [6.45, 7) is 3.60. The number of anilines is 1. The number of methoxy groups -OCH3 is 1. The van der Waals surface area contributed by atoms with Gasteiger partial charge in [-0.25, -0.2) is 0 Å². The van der Waals surface area contributed by atoms with Gasteiger partial charge >= 0.3 is 6.36 Å². The van der Waals surface area contributed by atoms with E-state index in [2.05, 4.69) is 9.72 Å². The largest absolute Gasteiger partial charge is 0.573 e. The number of rotatable bonds is 5. The average molecular weight is 498 g/mol. The third-order valence-corrected chi connectivity index (χ3v) is 5.69. The minimum atomic E-state index is -4.88. The van der Waals surface area contributed by atoms with E-state index in [1.807, 2.05) is 13.0 Å². The van der Waals surface area contributed by atoms with Gasteiger partial charge in [-0.15, -0.1) is 13.2 Å². The van der Waals surface area contributed by atoms with Crippen molar-refractivity contribution in [2.24, 2.45) is 0 Å². The fourth-order valence-corrected chi connectivity index (χ4v) is 4.31. The number of halogens is 3. The molecule has 1 aliphatic heterocycles. The van der Waals surface area contributed by atoms with Gasteiger partial charge in [0.2, 0.25) is 0 Å². The number of Topliss-reactive ketones (excluding diaryl/α,β-unsaturated/α-hetero) is 1. The number of aryl methyl sites for hydroxylation is 2. The highest BCUT2D eigenvalue weighted by atomic mass is 19.4. The molecule has 0 spiro atoms. The first-order chi connectivity index (χ1) is 17.0. The Kier molecular flexibility index (Phi) is 6.45. The average Bonchev–Trinajstić information content (AvgIpc) is 3.09. The Morgan fingerprint density at radius 1 is 1.03 bits per heavy atom. The van der Waals surface area contributed by atoms with Gasteiger partial charge in [0.25, 0.3) is 11.7 Å². The molecule has 1 N–H and O–H groups in total. The molecule has 0 bridgehead atoms. The summed E-state index contributed by atoms with van der Waals surface area (Å²) in [5, 5.41) is 11.4. The zero-order valence-corrected chi connectivity index (χ0v) is 19.5. The number of aliphatic hydroxyl groups is 1. The van der Waals surface area contributed by atoms with Crippen LogP contribution in [-0.2, 0) is 9.59 Å². The van der Waals surface area contributed by atoms with E-state index in [0.717, 1.165) is 22.6 Å². The van der Waals surface area contributed by atoms with Crippen molar-refractivity contribution < 1.29 is 37.3 Å². The summed E-state index contributed by atoms with van der Waals surface area (Å²) in [6.07, 6.45) is -1.95. The van der Waals surface area contributed by atoms with Gasteiger partial charge in [-0.05, 0) is 73.0 Å². The van der Waals surface area contributed by atoms with Crippen molar-refractivity contribution in [2.75, 3.05) is 12.0 Å². The van der Waals surface area contributed by atoms with Gasteiger partial charge in [-0.2, -0.15) is 0 Å². The predicted octanol–water partition coefficient (Wildman–Crippen LogP) is 5.23. The molecule has 1 aliphatic rings. The maximum atomic E-state index is 13.3. The SMILES string of the molecule is COc1c(C)cc(C)cc1/C(O)=C1\C(=O)C(=O)N(c2ccc(OC(F)(F)F)cc2)C1c1ccncc1. The molecule has 1 unspecified atom stereocenters. The second-order valence-electron chi connectivity index (χ2n) is 8.15. The maximum absolute atomic E-state index is 13.3. The molecular formula is C26H21F3N2O5. The molecule has 7 nitrogen and oxygen atoms in total. The first-order valence-electron chi connectivity index (χ1n) is 10.7. The molecule has 2 heterocycles. The predicted molar refractivity (Wildman–Crippen MR) is 125 cm³/mol. The lowest BCUT2D eigenvalue weighted by Gasteiger charge is -2.25. The van der Waals surface area contributed by atoms with Crippen molar-refractivity contribution >= 4 is 23.1 Å².